The standard InChI is InChI=1S/C5H11BO/c1-3-5(2,6)4-7/h7H,3-4H2,1-2H3. The molecule has 0 aromatic rings. The summed E-state index contributed by atoms with van der Waals surface area (Å²) in [6, 6.07) is 0. The molecular weight excluding hydrogens is 86.9 g/mol. The molecule has 0 aliphatic rings. The van der Waals surface area contributed by atoms with E-state index in [2.05, 4.69) is 0 Å². The van der Waals surface area contributed by atoms with Crippen LogP contribution in [0.25, 0.3) is 0 Å². The number of aliphatic hydroxyl groups is 1. The lowest BCUT2D eigenvalue weighted by atomic mass is 9.69. The minimum absolute atomic E-state index is 0.0729. The number of aliphatic hydroxyl groups excluding tert-OH is 1. The maximum atomic E-state index is 8.47. The third-order valence-electron chi connectivity index (χ3n) is 1.17. The summed E-state index contributed by atoms with van der Waals surface area (Å²) in [6.45, 7) is 3.85. The van der Waals surface area contributed by atoms with Gasteiger partial charge in [-0.3, -0.25) is 0 Å². The van der Waals surface area contributed by atoms with Gasteiger partial charge in [0.15, 0.2) is 0 Å². The maximum absolute atomic E-state index is 8.47. The lowest BCUT2D eigenvalue weighted by Gasteiger charge is -2.17. The SMILES string of the molecule is [B]C(C)(CC)CO. The summed E-state index contributed by atoms with van der Waals surface area (Å²) in [5, 5.41) is 8.11. The van der Waals surface area contributed by atoms with E-state index < -0.39 is 0 Å². The van der Waals surface area contributed by atoms with Crippen LogP contribution in [0.4, 0.5) is 0 Å². The second-order valence-electron chi connectivity index (χ2n) is 2.17. The van der Waals surface area contributed by atoms with Crippen molar-refractivity contribution in [1.29, 1.82) is 0 Å². The van der Waals surface area contributed by atoms with E-state index in [4.69, 9.17) is 13.0 Å². The molecule has 40 valence electrons. The molecule has 1 atom stereocenters. The van der Waals surface area contributed by atoms with Crippen LogP contribution in [0.2, 0.25) is 5.31 Å². The molecule has 0 bridgehead atoms. The summed E-state index contributed by atoms with van der Waals surface area (Å²) in [7, 11) is 5.47. The van der Waals surface area contributed by atoms with Crippen LogP contribution in [-0.4, -0.2) is 19.6 Å². The monoisotopic (exact) mass is 98.1 g/mol. The molecule has 1 unspecified atom stereocenters. The highest BCUT2D eigenvalue weighted by molar-refractivity contribution is 6.14. The van der Waals surface area contributed by atoms with E-state index in [1.54, 1.807) is 0 Å². The lowest BCUT2D eigenvalue weighted by molar-refractivity contribution is 0.244. The van der Waals surface area contributed by atoms with Gasteiger partial charge in [-0.05, 0) is 5.31 Å². The van der Waals surface area contributed by atoms with Gasteiger partial charge in [0, 0.05) is 6.61 Å². The first-order chi connectivity index (χ1) is 3.12. The summed E-state index contributed by atoms with van der Waals surface area (Å²) in [5.41, 5.74) is 0. The normalized spacial score (nSPS) is 18.7. The van der Waals surface area contributed by atoms with Crippen LogP contribution in [0.3, 0.4) is 0 Å². The Kier molecular flexibility index (Phi) is 2.37. The van der Waals surface area contributed by atoms with E-state index in [0.717, 1.165) is 6.42 Å². The van der Waals surface area contributed by atoms with Crippen LogP contribution in [0.15, 0.2) is 0 Å². The molecule has 0 rings (SSSR count). The van der Waals surface area contributed by atoms with Gasteiger partial charge in [-0.25, -0.2) is 0 Å². The van der Waals surface area contributed by atoms with E-state index in [1.165, 1.54) is 0 Å². The predicted molar refractivity (Wildman–Crippen MR) is 31.5 cm³/mol. The molecule has 7 heavy (non-hydrogen) atoms. The summed E-state index contributed by atoms with van der Waals surface area (Å²) in [6.07, 6.45) is 0.823. The van der Waals surface area contributed by atoms with Crippen LogP contribution in [0.5, 0.6) is 0 Å². The topological polar surface area (TPSA) is 20.2 Å². The highest BCUT2D eigenvalue weighted by Crippen LogP contribution is 2.21. The van der Waals surface area contributed by atoms with Crippen LogP contribution in [0.1, 0.15) is 20.3 Å². The summed E-state index contributed by atoms with van der Waals surface area (Å²) < 4.78 is 0. The Bertz CT molecular complexity index is 46.0. The molecule has 0 aromatic carbocycles. The fourth-order valence-electron chi connectivity index (χ4n) is 0.112. The second-order valence-corrected chi connectivity index (χ2v) is 2.17. The van der Waals surface area contributed by atoms with Gasteiger partial charge < -0.3 is 5.11 Å². The molecule has 0 aromatic heterocycles. The molecule has 0 heterocycles. The average Bonchev–Trinajstić information content (AvgIpc) is 1.68. The third-order valence-corrected chi connectivity index (χ3v) is 1.17. The van der Waals surface area contributed by atoms with Gasteiger partial charge in [-0.1, -0.05) is 20.3 Å². The van der Waals surface area contributed by atoms with Crippen molar-refractivity contribution < 1.29 is 5.11 Å². The summed E-state index contributed by atoms with van der Waals surface area (Å²) >= 11 is 0. The zero-order valence-electron chi connectivity index (χ0n) is 4.94. The number of hydrogen-bond acceptors (Lipinski definition) is 1. The quantitative estimate of drug-likeness (QED) is 0.505. The van der Waals surface area contributed by atoms with Gasteiger partial charge in [0.25, 0.3) is 0 Å². The molecule has 0 spiro atoms. The van der Waals surface area contributed by atoms with Gasteiger partial charge in [-0.15, -0.1) is 0 Å². The first kappa shape index (κ1) is 7.02. The average molecular weight is 98.0 g/mol. The molecule has 0 aliphatic carbocycles. The van der Waals surface area contributed by atoms with Crippen LogP contribution >= 0.6 is 0 Å². The third kappa shape index (κ3) is 2.69. The van der Waals surface area contributed by atoms with Gasteiger partial charge in [-0.2, -0.15) is 0 Å². The minimum Gasteiger partial charge on any atom is -0.397 e. The van der Waals surface area contributed by atoms with Crippen molar-refractivity contribution in [2.75, 3.05) is 6.61 Å². The van der Waals surface area contributed by atoms with Crippen molar-refractivity contribution >= 4 is 7.85 Å². The van der Waals surface area contributed by atoms with Gasteiger partial charge in [0.05, 0.1) is 7.85 Å². The zero-order chi connectivity index (χ0) is 5.91. The minimum atomic E-state index is -0.361. The Morgan fingerprint density at radius 1 is 1.71 bits per heavy atom. The summed E-state index contributed by atoms with van der Waals surface area (Å²) in [5.74, 6) is 0. The maximum Gasteiger partial charge on any atom is 0.0773 e. The molecule has 0 saturated carbocycles. The Hall–Kier alpha value is 0.0249. The van der Waals surface area contributed by atoms with Crippen LogP contribution in [0, 0.1) is 0 Å². The molecule has 0 fully saturated rings. The van der Waals surface area contributed by atoms with E-state index in [0.29, 0.717) is 0 Å². The first-order valence-corrected chi connectivity index (χ1v) is 2.52. The lowest BCUT2D eigenvalue weighted by Crippen LogP contribution is -2.10. The predicted octanol–water partition coefficient (Wildman–Crippen LogP) is 0.736. The van der Waals surface area contributed by atoms with Crippen molar-refractivity contribution in [3.05, 3.63) is 0 Å². The van der Waals surface area contributed by atoms with E-state index in [1.807, 2.05) is 13.8 Å². The Balaban J connectivity index is 3.36. The highest BCUT2D eigenvalue weighted by atomic mass is 16.3. The van der Waals surface area contributed by atoms with Crippen molar-refractivity contribution in [1.82, 2.24) is 0 Å². The van der Waals surface area contributed by atoms with Gasteiger partial charge in [0.2, 0.25) is 0 Å². The van der Waals surface area contributed by atoms with E-state index in [-0.39, 0.29) is 11.9 Å². The largest absolute Gasteiger partial charge is 0.397 e. The molecular formula is C5H11BO. The molecule has 0 amide bonds. The van der Waals surface area contributed by atoms with Crippen molar-refractivity contribution in [2.45, 2.75) is 25.6 Å². The highest BCUT2D eigenvalue weighted by Gasteiger charge is 2.10. The second kappa shape index (κ2) is 2.36. The molecule has 0 aliphatic heterocycles. The summed E-state index contributed by atoms with van der Waals surface area (Å²) in [4.78, 5) is 0. The van der Waals surface area contributed by atoms with Crippen LogP contribution in [-0.2, 0) is 0 Å². The van der Waals surface area contributed by atoms with Crippen molar-refractivity contribution in [3.63, 3.8) is 0 Å². The van der Waals surface area contributed by atoms with Crippen molar-refractivity contribution in [3.8, 4) is 0 Å². The fourth-order valence-corrected chi connectivity index (χ4v) is 0.112. The Morgan fingerprint density at radius 2 is 2.14 bits per heavy atom. The first-order valence-electron chi connectivity index (χ1n) is 2.52. The molecule has 2 radical (unpaired) electrons. The molecule has 1 nitrogen and oxygen atoms in total. The van der Waals surface area contributed by atoms with Gasteiger partial charge in [0.1, 0.15) is 0 Å². The van der Waals surface area contributed by atoms with Crippen molar-refractivity contribution in [2.24, 2.45) is 0 Å². The van der Waals surface area contributed by atoms with E-state index in [9.17, 15) is 0 Å². The Morgan fingerprint density at radius 3 is 2.14 bits per heavy atom. The van der Waals surface area contributed by atoms with E-state index >= 15 is 0 Å². The molecule has 2 heteroatoms. The fraction of sp³-hybridized carbons (Fsp3) is 1.00. The zero-order valence-corrected chi connectivity index (χ0v) is 4.94. The smallest absolute Gasteiger partial charge is 0.0773 e. The number of hydrogen-bond donors (Lipinski definition) is 1. The van der Waals surface area contributed by atoms with Crippen LogP contribution < -0.4 is 0 Å². The van der Waals surface area contributed by atoms with Gasteiger partial charge >= 0.3 is 0 Å². The Labute approximate surface area is 46.1 Å². The number of rotatable bonds is 2. The molecule has 1 N–H and O–H groups in total. The molecule has 0 saturated heterocycles.